The van der Waals surface area contributed by atoms with E-state index < -0.39 is 24.1 Å². The molecule has 12 nitrogen and oxygen atoms in total. The van der Waals surface area contributed by atoms with Crippen LogP contribution in [0.2, 0.25) is 0 Å². The largest absolute Gasteiger partial charge is 0.456 e. The Morgan fingerprint density at radius 1 is 0.891 bits per heavy atom. The summed E-state index contributed by atoms with van der Waals surface area (Å²) < 4.78 is 11.0. The summed E-state index contributed by atoms with van der Waals surface area (Å²) in [5.74, 6) is -0.486. The van der Waals surface area contributed by atoms with Crippen LogP contribution < -0.4 is 16.0 Å². The summed E-state index contributed by atoms with van der Waals surface area (Å²) in [6.45, 7) is 4.68. The minimum absolute atomic E-state index is 0.0428. The Morgan fingerprint density at radius 3 is 2.29 bits per heavy atom. The molecule has 0 saturated carbocycles. The van der Waals surface area contributed by atoms with Gasteiger partial charge in [-0.1, -0.05) is 67.6 Å². The van der Waals surface area contributed by atoms with Crippen LogP contribution in [0.25, 0.3) is 22.3 Å². The number of likely N-dealkylation sites (tertiary alicyclic amines) is 1. The van der Waals surface area contributed by atoms with E-state index in [9.17, 15) is 24.0 Å². The number of furan rings is 1. The molecule has 1 aliphatic heterocycles. The molecule has 5 amide bonds. The first-order chi connectivity index (χ1) is 26.6. The molecule has 284 valence electrons. The van der Waals surface area contributed by atoms with Crippen molar-refractivity contribution in [1.29, 1.82) is 0 Å². The number of benzene rings is 4. The Labute approximate surface area is 319 Å². The van der Waals surface area contributed by atoms with Crippen molar-refractivity contribution < 1.29 is 33.1 Å². The highest BCUT2D eigenvalue weighted by molar-refractivity contribution is 6.01. The van der Waals surface area contributed by atoms with Gasteiger partial charge in [0.2, 0.25) is 17.7 Å². The second-order valence-electron chi connectivity index (χ2n) is 13.6. The van der Waals surface area contributed by atoms with Crippen molar-refractivity contribution >= 4 is 52.1 Å². The molecular formula is C43H45N5O7. The van der Waals surface area contributed by atoms with Crippen LogP contribution in [0.5, 0.6) is 0 Å². The van der Waals surface area contributed by atoms with Crippen LogP contribution in [0.3, 0.4) is 0 Å². The van der Waals surface area contributed by atoms with Gasteiger partial charge < -0.3 is 34.9 Å². The van der Waals surface area contributed by atoms with Crippen molar-refractivity contribution in [3.63, 3.8) is 0 Å². The van der Waals surface area contributed by atoms with Gasteiger partial charge in [0.25, 0.3) is 5.91 Å². The maximum Gasteiger partial charge on any atom is 0.407 e. The molecule has 0 radical (unpaired) electrons. The van der Waals surface area contributed by atoms with E-state index in [-0.39, 0.29) is 30.7 Å². The molecule has 1 fully saturated rings. The van der Waals surface area contributed by atoms with Crippen molar-refractivity contribution in [3.05, 3.63) is 120 Å². The highest BCUT2D eigenvalue weighted by atomic mass is 16.5. The molecule has 0 bridgehead atoms. The second-order valence-corrected chi connectivity index (χ2v) is 13.6. The smallest absolute Gasteiger partial charge is 0.407 e. The topological polar surface area (TPSA) is 150 Å². The number of carbonyl (C=O) groups excluding carboxylic acids is 5. The van der Waals surface area contributed by atoms with Crippen LogP contribution in [-0.4, -0.2) is 72.3 Å². The predicted octanol–water partition coefficient (Wildman–Crippen LogP) is 6.85. The Bertz CT molecular complexity index is 2150. The summed E-state index contributed by atoms with van der Waals surface area (Å²) in [4.78, 5) is 68.6. The minimum Gasteiger partial charge on any atom is -0.456 e. The number of carbonyl (C=O) groups is 5. The molecule has 3 N–H and O–H groups in total. The quantitative estimate of drug-likeness (QED) is 0.119. The number of nitrogens with one attached hydrogen (secondary N) is 3. The summed E-state index contributed by atoms with van der Waals surface area (Å²) in [5, 5.41) is 9.29. The van der Waals surface area contributed by atoms with Crippen LogP contribution in [0.15, 0.2) is 108 Å². The molecule has 12 heteroatoms. The van der Waals surface area contributed by atoms with Gasteiger partial charge >= 0.3 is 6.09 Å². The van der Waals surface area contributed by atoms with Gasteiger partial charge in [0.05, 0.1) is 20.1 Å². The maximum atomic E-state index is 13.8. The number of fused-ring (bicyclic) bond motifs is 1. The van der Waals surface area contributed by atoms with Crippen LogP contribution >= 0.6 is 0 Å². The fourth-order valence-electron chi connectivity index (χ4n) is 6.88. The Balaban J connectivity index is 1.10. The molecule has 1 saturated heterocycles. The van der Waals surface area contributed by atoms with Crippen LogP contribution in [-0.2, 0) is 30.3 Å². The number of methoxy groups -OCH3 is 1. The lowest BCUT2D eigenvalue weighted by Gasteiger charge is -2.28. The molecule has 2 heterocycles. The first-order valence-corrected chi connectivity index (χ1v) is 18.4. The Hall–Kier alpha value is -6.43. The van der Waals surface area contributed by atoms with Gasteiger partial charge in [-0.05, 0) is 85.3 Å². The first-order valence-electron chi connectivity index (χ1n) is 18.4. The monoisotopic (exact) mass is 743 g/mol. The minimum atomic E-state index is -1.01. The molecule has 6 rings (SSSR count). The normalized spacial score (nSPS) is 14.2. The van der Waals surface area contributed by atoms with Gasteiger partial charge in [-0.2, -0.15) is 0 Å². The summed E-state index contributed by atoms with van der Waals surface area (Å²) in [6, 6.07) is 29.4. The van der Waals surface area contributed by atoms with Crippen LogP contribution in [0, 0.1) is 6.92 Å². The highest BCUT2D eigenvalue weighted by Gasteiger charge is 2.38. The molecule has 0 spiro atoms. The fourth-order valence-corrected chi connectivity index (χ4v) is 6.88. The number of amides is 5. The van der Waals surface area contributed by atoms with Gasteiger partial charge in [0, 0.05) is 35.4 Å². The zero-order chi connectivity index (χ0) is 38.9. The fraction of sp³-hybridized carbons (Fsp3) is 0.279. The number of rotatable bonds is 13. The zero-order valence-electron chi connectivity index (χ0n) is 31.2. The van der Waals surface area contributed by atoms with E-state index in [0.29, 0.717) is 54.2 Å². The van der Waals surface area contributed by atoms with Crippen molar-refractivity contribution in [2.24, 2.45) is 0 Å². The third kappa shape index (κ3) is 9.39. The van der Waals surface area contributed by atoms with Crippen molar-refractivity contribution in [2.75, 3.05) is 37.4 Å². The van der Waals surface area contributed by atoms with E-state index >= 15 is 0 Å². The van der Waals surface area contributed by atoms with E-state index in [0.717, 1.165) is 28.5 Å². The Kier molecular flexibility index (Phi) is 12.3. The van der Waals surface area contributed by atoms with Gasteiger partial charge in [0.15, 0.2) is 0 Å². The highest BCUT2D eigenvalue weighted by Crippen LogP contribution is 2.33. The molecule has 0 unspecified atom stereocenters. The summed E-state index contributed by atoms with van der Waals surface area (Å²) in [6.07, 6.45) is 1.35. The third-order valence-electron chi connectivity index (χ3n) is 9.57. The molecule has 2 atom stereocenters. The number of alkyl carbamates (subject to hydrolysis) is 1. The summed E-state index contributed by atoms with van der Waals surface area (Å²) in [5.41, 5.74) is 4.91. The number of hydrogen-bond acceptors (Lipinski definition) is 7. The average Bonchev–Trinajstić information content (AvgIpc) is 3.86. The maximum absolute atomic E-state index is 13.8. The third-order valence-corrected chi connectivity index (χ3v) is 9.57. The van der Waals surface area contributed by atoms with Gasteiger partial charge in [-0.25, -0.2) is 4.79 Å². The molecule has 1 aliphatic rings. The zero-order valence-corrected chi connectivity index (χ0v) is 31.2. The molecule has 0 aliphatic carbocycles. The lowest BCUT2D eigenvalue weighted by atomic mass is 10.0. The second kappa shape index (κ2) is 17.6. The van der Waals surface area contributed by atoms with E-state index in [2.05, 4.69) is 16.0 Å². The van der Waals surface area contributed by atoms with E-state index in [1.54, 1.807) is 41.3 Å². The molecule has 4 aromatic carbocycles. The van der Waals surface area contributed by atoms with E-state index in [1.165, 1.54) is 12.0 Å². The van der Waals surface area contributed by atoms with Crippen molar-refractivity contribution in [3.8, 4) is 11.3 Å². The summed E-state index contributed by atoms with van der Waals surface area (Å²) >= 11 is 0. The molecule has 55 heavy (non-hydrogen) atoms. The van der Waals surface area contributed by atoms with Gasteiger partial charge in [-0.15, -0.1) is 0 Å². The Morgan fingerprint density at radius 2 is 1.60 bits per heavy atom. The van der Waals surface area contributed by atoms with Crippen LogP contribution in [0.4, 0.5) is 16.2 Å². The number of nitrogens with zero attached hydrogens (tertiary/aromatic N) is 2. The van der Waals surface area contributed by atoms with Gasteiger partial charge in [-0.3, -0.25) is 19.2 Å². The van der Waals surface area contributed by atoms with Gasteiger partial charge in [0.1, 0.15) is 23.4 Å². The lowest BCUT2D eigenvalue weighted by molar-refractivity contribution is -0.138. The molecule has 5 aromatic rings. The standard InChI is InChI=1S/C43H45N5O7/c1-4-21-47(38(50)24-29-12-7-5-8-13-29)27-37(49)44-33-19-17-30(18-20-33)36-26-32-25-34(23-28(2)40(32)55-36)45-41(51)35-16-11-22-48(35)42(52)39(46-43(53)54-3)31-14-9-6-10-15-31/h5-10,12-15,17-20,23,25-26,35,39H,4,11,16,21-22,24,27H2,1-3H3,(H,44,49)(H,45,51)(H,46,53)/t35-,39+/m0/s1. The van der Waals surface area contributed by atoms with Crippen LogP contribution in [0.1, 0.15) is 48.9 Å². The number of aryl methyl sites for hydroxylation is 1. The number of anilines is 2. The first kappa shape index (κ1) is 38.3. The predicted molar refractivity (Wildman–Crippen MR) is 210 cm³/mol. The van der Waals surface area contributed by atoms with Crippen molar-refractivity contribution in [2.45, 2.75) is 51.6 Å². The molecular weight excluding hydrogens is 699 g/mol. The van der Waals surface area contributed by atoms with E-state index in [4.69, 9.17) is 9.15 Å². The number of ether oxygens (including phenoxy) is 1. The number of hydrogen-bond donors (Lipinski definition) is 3. The SMILES string of the molecule is CCCN(CC(=O)Nc1ccc(-c2cc3cc(NC(=O)[C@@H]4CCCN4C(=O)[C@H](NC(=O)OC)c4ccccc4)cc(C)c3o2)cc1)C(=O)Cc1ccccc1. The lowest BCUT2D eigenvalue weighted by Crippen LogP contribution is -2.48. The van der Waals surface area contributed by atoms with E-state index in [1.807, 2.05) is 80.6 Å². The van der Waals surface area contributed by atoms with Crippen molar-refractivity contribution in [1.82, 2.24) is 15.1 Å². The molecule has 1 aromatic heterocycles. The summed E-state index contributed by atoms with van der Waals surface area (Å²) in [7, 11) is 1.23. The average molecular weight is 744 g/mol.